The molecule has 0 heterocycles. The van der Waals surface area contributed by atoms with E-state index in [1.165, 1.54) is 6.07 Å². The Balaban J connectivity index is 2.38. The maximum atomic E-state index is 12.9. The van der Waals surface area contributed by atoms with Crippen LogP contribution in [-0.4, -0.2) is 15.4 Å². The molecule has 1 nitrogen and oxygen atoms in total. The van der Waals surface area contributed by atoms with Crippen molar-refractivity contribution in [1.29, 1.82) is 0 Å². The van der Waals surface area contributed by atoms with Gasteiger partial charge < -0.3 is 4.43 Å². The van der Waals surface area contributed by atoms with Gasteiger partial charge in [0, 0.05) is 7.11 Å². The van der Waals surface area contributed by atoms with Gasteiger partial charge in [-0.2, -0.15) is 0 Å². The molecular weight excluding hydrogens is 207 g/mol. The van der Waals surface area contributed by atoms with Gasteiger partial charge in [-0.3, -0.25) is 0 Å². The zero-order valence-electron chi connectivity index (χ0n) is 9.72. The molecule has 1 aromatic rings. The van der Waals surface area contributed by atoms with Gasteiger partial charge in [0.25, 0.3) is 0 Å². The van der Waals surface area contributed by atoms with Gasteiger partial charge in [-0.1, -0.05) is 12.1 Å². The van der Waals surface area contributed by atoms with Crippen LogP contribution in [0.15, 0.2) is 24.3 Å². The molecule has 0 amide bonds. The number of aryl methyl sites for hydroxylation is 1. The van der Waals surface area contributed by atoms with E-state index < -0.39 is 8.32 Å². The highest BCUT2D eigenvalue weighted by Crippen LogP contribution is 2.15. The predicted molar refractivity (Wildman–Crippen MR) is 64.0 cm³/mol. The molecule has 0 fully saturated rings. The Morgan fingerprint density at radius 3 is 2.67 bits per heavy atom. The Labute approximate surface area is 92.4 Å². The highest BCUT2D eigenvalue weighted by Gasteiger charge is 2.19. The van der Waals surface area contributed by atoms with Gasteiger partial charge in [0.1, 0.15) is 5.82 Å². The summed E-state index contributed by atoms with van der Waals surface area (Å²) in [6.07, 6.45) is 2.02. The topological polar surface area (TPSA) is 9.23 Å². The van der Waals surface area contributed by atoms with Gasteiger partial charge >= 0.3 is 0 Å². The van der Waals surface area contributed by atoms with E-state index >= 15 is 0 Å². The number of hydrogen-bond donors (Lipinski definition) is 0. The minimum Gasteiger partial charge on any atom is -0.420 e. The first-order valence-electron chi connectivity index (χ1n) is 5.33. The highest BCUT2D eigenvalue weighted by atomic mass is 28.4. The predicted octanol–water partition coefficient (Wildman–Crippen LogP) is 3.61. The third-order valence-electron chi connectivity index (χ3n) is 2.69. The maximum absolute atomic E-state index is 12.9. The van der Waals surface area contributed by atoms with Crippen molar-refractivity contribution >= 4 is 8.32 Å². The quantitative estimate of drug-likeness (QED) is 0.697. The zero-order valence-corrected chi connectivity index (χ0v) is 10.7. The van der Waals surface area contributed by atoms with Gasteiger partial charge in [0.05, 0.1) is 0 Å². The lowest BCUT2D eigenvalue weighted by Gasteiger charge is -2.19. The van der Waals surface area contributed by atoms with Crippen LogP contribution < -0.4 is 0 Å². The van der Waals surface area contributed by atoms with E-state index in [2.05, 4.69) is 13.1 Å². The molecule has 15 heavy (non-hydrogen) atoms. The zero-order chi connectivity index (χ0) is 11.3. The van der Waals surface area contributed by atoms with E-state index in [4.69, 9.17) is 4.43 Å². The molecule has 0 saturated heterocycles. The monoisotopic (exact) mass is 226 g/mol. The molecule has 0 radical (unpaired) electrons. The molecule has 1 rings (SSSR count). The van der Waals surface area contributed by atoms with Crippen molar-refractivity contribution in [2.24, 2.45) is 0 Å². The van der Waals surface area contributed by atoms with E-state index in [-0.39, 0.29) is 5.82 Å². The fourth-order valence-corrected chi connectivity index (χ4v) is 2.75. The second-order valence-electron chi connectivity index (χ2n) is 4.45. The van der Waals surface area contributed by atoms with Crippen LogP contribution in [0.1, 0.15) is 12.0 Å². The molecule has 0 aliphatic carbocycles. The Kier molecular flexibility index (Phi) is 4.48. The summed E-state index contributed by atoms with van der Waals surface area (Å²) < 4.78 is 18.3. The standard InChI is InChI=1S/C12H19FOSi/c1-14-15(2,3)9-5-7-11-6-4-8-12(13)10-11/h4,6,8,10H,5,7,9H2,1-3H3. The molecule has 0 spiro atoms. The average molecular weight is 226 g/mol. The summed E-state index contributed by atoms with van der Waals surface area (Å²) in [6, 6.07) is 7.96. The minimum atomic E-state index is -1.44. The second kappa shape index (κ2) is 5.42. The average Bonchev–Trinajstić information content (AvgIpc) is 2.18. The SMILES string of the molecule is CO[Si](C)(C)CCCc1cccc(F)c1. The molecular formula is C12H19FOSi. The van der Waals surface area contributed by atoms with Crippen molar-refractivity contribution in [3.05, 3.63) is 35.6 Å². The van der Waals surface area contributed by atoms with Crippen molar-refractivity contribution < 1.29 is 8.82 Å². The fourth-order valence-electron chi connectivity index (χ4n) is 1.51. The van der Waals surface area contributed by atoms with Crippen LogP contribution >= 0.6 is 0 Å². The first-order valence-corrected chi connectivity index (χ1v) is 8.45. The smallest absolute Gasteiger partial charge is 0.186 e. The Hall–Kier alpha value is -0.673. The summed E-state index contributed by atoms with van der Waals surface area (Å²) in [4.78, 5) is 0. The molecule has 3 heteroatoms. The number of halogens is 1. The van der Waals surface area contributed by atoms with Crippen LogP contribution in [0.4, 0.5) is 4.39 Å². The second-order valence-corrected chi connectivity index (χ2v) is 8.87. The van der Waals surface area contributed by atoms with Crippen LogP contribution in [0.3, 0.4) is 0 Å². The molecule has 0 saturated carbocycles. The van der Waals surface area contributed by atoms with Crippen molar-refractivity contribution in [3.8, 4) is 0 Å². The van der Waals surface area contributed by atoms with Gasteiger partial charge in [-0.25, -0.2) is 4.39 Å². The Morgan fingerprint density at radius 2 is 2.07 bits per heavy atom. The molecule has 0 aromatic heterocycles. The summed E-state index contributed by atoms with van der Waals surface area (Å²) in [5.74, 6) is -0.143. The van der Waals surface area contributed by atoms with Crippen LogP contribution in [0.5, 0.6) is 0 Å². The molecule has 1 aromatic carbocycles. The minimum absolute atomic E-state index is 0.143. The largest absolute Gasteiger partial charge is 0.420 e. The molecule has 0 bridgehead atoms. The van der Waals surface area contributed by atoms with Crippen molar-refractivity contribution in [2.45, 2.75) is 32.0 Å². The lowest BCUT2D eigenvalue weighted by molar-refractivity contribution is 0.402. The molecule has 0 unspecified atom stereocenters. The number of rotatable bonds is 5. The lowest BCUT2D eigenvalue weighted by atomic mass is 10.1. The van der Waals surface area contributed by atoms with E-state index in [1.54, 1.807) is 19.2 Å². The summed E-state index contributed by atoms with van der Waals surface area (Å²) in [5.41, 5.74) is 1.08. The van der Waals surface area contributed by atoms with Crippen LogP contribution in [0.2, 0.25) is 19.1 Å². The third kappa shape index (κ3) is 4.58. The van der Waals surface area contributed by atoms with E-state index in [0.717, 1.165) is 24.4 Å². The van der Waals surface area contributed by atoms with E-state index in [9.17, 15) is 4.39 Å². The number of benzene rings is 1. The van der Waals surface area contributed by atoms with E-state index in [0.29, 0.717) is 0 Å². The van der Waals surface area contributed by atoms with Gasteiger partial charge in [0.15, 0.2) is 8.32 Å². The number of hydrogen-bond acceptors (Lipinski definition) is 1. The van der Waals surface area contributed by atoms with Crippen molar-refractivity contribution in [2.75, 3.05) is 7.11 Å². The summed E-state index contributed by atoms with van der Waals surface area (Å²) in [6.45, 7) is 4.41. The maximum Gasteiger partial charge on any atom is 0.186 e. The normalized spacial score (nSPS) is 11.7. The van der Waals surface area contributed by atoms with Crippen molar-refractivity contribution in [3.63, 3.8) is 0 Å². The molecule has 0 aliphatic heterocycles. The first-order chi connectivity index (χ1) is 7.03. The van der Waals surface area contributed by atoms with E-state index in [1.807, 2.05) is 6.07 Å². The lowest BCUT2D eigenvalue weighted by Crippen LogP contribution is -2.28. The molecule has 0 atom stereocenters. The summed E-state index contributed by atoms with van der Waals surface area (Å²) in [7, 11) is 0.348. The Morgan fingerprint density at radius 1 is 1.33 bits per heavy atom. The third-order valence-corrected chi connectivity index (χ3v) is 5.35. The van der Waals surface area contributed by atoms with Gasteiger partial charge in [-0.05, 0) is 49.7 Å². The summed E-state index contributed by atoms with van der Waals surface area (Å²) >= 11 is 0. The van der Waals surface area contributed by atoms with Crippen molar-refractivity contribution in [1.82, 2.24) is 0 Å². The van der Waals surface area contributed by atoms with Crippen LogP contribution in [-0.2, 0) is 10.8 Å². The van der Waals surface area contributed by atoms with Crippen LogP contribution in [0.25, 0.3) is 0 Å². The van der Waals surface area contributed by atoms with Gasteiger partial charge in [-0.15, -0.1) is 0 Å². The fraction of sp³-hybridized carbons (Fsp3) is 0.500. The molecule has 0 aliphatic rings. The Bertz CT molecular complexity index is 312. The van der Waals surface area contributed by atoms with Gasteiger partial charge in [0.2, 0.25) is 0 Å². The highest BCUT2D eigenvalue weighted by molar-refractivity contribution is 6.71. The molecule has 0 N–H and O–H groups in total. The first kappa shape index (κ1) is 12.4. The summed E-state index contributed by atoms with van der Waals surface area (Å²) in [5, 5.41) is 0. The molecule has 84 valence electrons. The van der Waals surface area contributed by atoms with Crippen LogP contribution in [0, 0.1) is 5.82 Å².